The van der Waals surface area contributed by atoms with Crippen LogP contribution in [0.4, 0.5) is 4.39 Å². The van der Waals surface area contributed by atoms with Crippen LogP contribution in [-0.4, -0.2) is 23.0 Å². The van der Waals surface area contributed by atoms with E-state index >= 15 is 0 Å². The van der Waals surface area contributed by atoms with Gasteiger partial charge in [-0.25, -0.2) is 4.39 Å². The molecule has 0 unspecified atom stereocenters. The third-order valence-electron chi connectivity index (χ3n) is 5.04. The van der Waals surface area contributed by atoms with Crippen LogP contribution in [0.1, 0.15) is 51.2 Å². The molecule has 1 aromatic heterocycles. The Balaban J connectivity index is 1.72. The third kappa shape index (κ3) is 4.58. The molecule has 1 fully saturated rings. The topological polar surface area (TPSA) is 26.2 Å². The van der Waals surface area contributed by atoms with Crippen molar-refractivity contribution in [2.24, 2.45) is 5.41 Å². The fourth-order valence-corrected chi connectivity index (χ4v) is 4.45. The van der Waals surface area contributed by atoms with Crippen molar-refractivity contribution in [3.63, 3.8) is 0 Å². The minimum absolute atomic E-state index is 0.125. The number of benzene rings is 1. The van der Waals surface area contributed by atoms with Gasteiger partial charge in [-0.3, -0.25) is 4.72 Å². The number of nitrogens with one attached hydrogen (secondary N) is 1. The second-order valence-corrected chi connectivity index (χ2v) is 10.1. The highest BCUT2D eigenvalue weighted by Crippen LogP contribution is 2.34. The quantitative estimate of drug-likeness (QED) is 0.659. The van der Waals surface area contributed by atoms with E-state index in [0.717, 1.165) is 46.8 Å². The summed E-state index contributed by atoms with van der Waals surface area (Å²) in [5.74, 6) is -0.125. The van der Waals surface area contributed by atoms with Gasteiger partial charge in [-0.05, 0) is 47.9 Å². The summed E-state index contributed by atoms with van der Waals surface area (Å²) in [4.78, 5) is 0. The molecular weight excluding hydrogens is 359 g/mol. The van der Waals surface area contributed by atoms with Gasteiger partial charge in [-0.1, -0.05) is 38.8 Å². The van der Waals surface area contributed by atoms with E-state index in [-0.39, 0.29) is 11.2 Å². The summed E-state index contributed by atoms with van der Waals surface area (Å²) in [6.45, 7) is 9.64. The van der Waals surface area contributed by atoms with E-state index in [1.807, 2.05) is 24.1 Å². The Kier molecular flexibility index (Phi) is 5.36. The van der Waals surface area contributed by atoms with Crippen LogP contribution in [0.25, 0.3) is 16.5 Å². The van der Waals surface area contributed by atoms with Gasteiger partial charge in [-0.2, -0.15) is 0 Å². The average Bonchev–Trinajstić information content (AvgIpc) is 3.38. The lowest BCUT2D eigenvalue weighted by molar-refractivity contribution is 0.161. The van der Waals surface area contributed by atoms with Crippen LogP contribution in [0.5, 0.6) is 0 Å². The highest BCUT2D eigenvalue weighted by Gasteiger charge is 2.23. The Morgan fingerprint density at radius 3 is 2.78 bits per heavy atom. The van der Waals surface area contributed by atoms with Gasteiger partial charge in [0.1, 0.15) is 5.82 Å². The molecule has 1 aliphatic carbocycles. The minimum atomic E-state index is -0.125. The van der Waals surface area contributed by atoms with E-state index < -0.39 is 0 Å². The molecule has 0 bridgehead atoms. The third-order valence-corrected chi connectivity index (χ3v) is 6.16. The Morgan fingerprint density at radius 1 is 1.30 bits per heavy atom. The second-order valence-electron chi connectivity index (χ2n) is 8.88. The molecule has 1 saturated carbocycles. The van der Waals surface area contributed by atoms with Gasteiger partial charge in [0.2, 0.25) is 0 Å². The van der Waals surface area contributed by atoms with E-state index in [2.05, 4.69) is 36.3 Å². The van der Waals surface area contributed by atoms with Crippen LogP contribution in [0, 0.1) is 11.2 Å². The van der Waals surface area contributed by atoms with E-state index in [0.29, 0.717) is 13.2 Å². The summed E-state index contributed by atoms with van der Waals surface area (Å²) in [6, 6.07) is 3.78. The fourth-order valence-electron chi connectivity index (χ4n) is 3.61. The first-order valence-corrected chi connectivity index (χ1v) is 10.8. The Hall–Kier alpha value is -1.30. The van der Waals surface area contributed by atoms with Crippen LogP contribution in [0.3, 0.4) is 0 Å². The van der Waals surface area contributed by atoms with Crippen molar-refractivity contribution >= 4 is 28.4 Å². The molecule has 2 heterocycles. The first-order valence-electron chi connectivity index (χ1n) is 9.88. The predicted molar refractivity (Wildman–Crippen MR) is 112 cm³/mol. The smallest absolute Gasteiger partial charge is 0.131 e. The molecule has 0 radical (unpaired) electrons. The van der Waals surface area contributed by atoms with Crippen molar-refractivity contribution < 1.29 is 9.13 Å². The van der Waals surface area contributed by atoms with Gasteiger partial charge in [0.15, 0.2) is 0 Å². The molecule has 27 heavy (non-hydrogen) atoms. The van der Waals surface area contributed by atoms with E-state index in [4.69, 9.17) is 4.74 Å². The molecule has 146 valence electrons. The van der Waals surface area contributed by atoms with E-state index in [1.165, 1.54) is 18.4 Å². The molecule has 4 rings (SSSR count). The van der Waals surface area contributed by atoms with Gasteiger partial charge in [0.25, 0.3) is 0 Å². The van der Waals surface area contributed by atoms with Crippen molar-refractivity contribution in [3.8, 4) is 0 Å². The van der Waals surface area contributed by atoms with Gasteiger partial charge < -0.3 is 9.30 Å². The van der Waals surface area contributed by atoms with Crippen LogP contribution in [-0.2, 0) is 17.8 Å². The zero-order valence-electron chi connectivity index (χ0n) is 16.5. The maximum Gasteiger partial charge on any atom is 0.131 e. The van der Waals surface area contributed by atoms with Crippen molar-refractivity contribution in [1.82, 2.24) is 9.29 Å². The number of fused-ring (bicyclic) bond motifs is 1. The summed E-state index contributed by atoms with van der Waals surface area (Å²) in [7, 11) is 0. The van der Waals surface area contributed by atoms with Crippen molar-refractivity contribution in [1.29, 1.82) is 0 Å². The van der Waals surface area contributed by atoms with E-state index in [1.54, 1.807) is 6.07 Å². The summed E-state index contributed by atoms with van der Waals surface area (Å²) >= 11 is 1.82. The molecule has 1 aromatic carbocycles. The molecular formula is C22H29FN2OS. The molecule has 3 nitrogen and oxygen atoms in total. The number of ether oxygens (including phenoxy) is 1. The van der Waals surface area contributed by atoms with Gasteiger partial charge in [0.05, 0.1) is 13.2 Å². The molecule has 2 aliphatic rings. The van der Waals surface area contributed by atoms with Crippen LogP contribution >= 0.6 is 11.9 Å². The number of hydrogen-bond acceptors (Lipinski definition) is 3. The minimum Gasteiger partial charge on any atom is -0.377 e. The van der Waals surface area contributed by atoms with Crippen molar-refractivity contribution in [2.75, 3.05) is 13.2 Å². The Labute approximate surface area is 165 Å². The van der Waals surface area contributed by atoms with Gasteiger partial charge in [-0.15, -0.1) is 0 Å². The molecule has 0 amide bonds. The van der Waals surface area contributed by atoms with Gasteiger partial charge in [0, 0.05) is 41.0 Å². The molecule has 5 heteroatoms. The lowest BCUT2D eigenvalue weighted by Gasteiger charge is -2.20. The standard InChI is InChI=1S/C22H29FN2OS/c1-22(2,3)14-25-13-16(12-24-27-17-4-5-17)19-10-20(23)18(11-21(19)25)15-6-8-26-9-7-15/h6,10-11,13,17,24H,4-5,7-9,12,14H2,1-3H3. The first kappa shape index (κ1) is 19.0. The molecule has 1 aliphatic heterocycles. The Bertz CT molecular complexity index is 861. The van der Waals surface area contributed by atoms with E-state index in [9.17, 15) is 4.39 Å². The maximum atomic E-state index is 15.0. The number of hydrogen-bond donors (Lipinski definition) is 1. The summed E-state index contributed by atoms with van der Waals surface area (Å²) in [6.07, 6.45) is 7.60. The summed E-state index contributed by atoms with van der Waals surface area (Å²) < 4.78 is 26.2. The second kappa shape index (κ2) is 7.61. The highest BCUT2D eigenvalue weighted by molar-refractivity contribution is 7.98. The molecule has 0 atom stereocenters. The average molecular weight is 389 g/mol. The predicted octanol–water partition coefficient (Wildman–Crippen LogP) is 5.53. The first-order chi connectivity index (χ1) is 12.9. The SMILES string of the molecule is CC(C)(C)Cn1cc(CNSC2CC2)c2cc(F)c(C3=CCOCC3)cc21. The van der Waals surface area contributed by atoms with Crippen LogP contribution < -0.4 is 4.72 Å². The zero-order valence-corrected chi connectivity index (χ0v) is 17.3. The van der Waals surface area contributed by atoms with Crippen molar-refractivity contribution in [2.45, 2.75) is 58.4 Å². The fraction of sp³-hybridized carbons (Fsp3) is 0.545. The number of rotatable bonds is 6. The Morgan fingerprint density at radius 2 is 2.11 bits per heavy atom. The lowest BCUT2D eigenvalue weighted by Crippen LogP contribution is -2.15. The van der Waals surface area contributed by atoms with Crippen LogP contribution in [0.15, 0.2) is 24.4 Å². The largest absolute Gasteiger partial charge is 0.377 e. The zero-order chi connectivity index (χ0) is 19.0. The molecule has 1 N–H and O–H groups in total. The van der Waals surface area contributed by atoms with Crippen molar-refractivity contribution in [3.05, 3.63) is 41.3 Å². The monoisotopic (exact) mass is 388 g/mol. The summed E-state index contributed by atoms with van der Waals surface area (Å²) in [5.41, 5.74) is 4.25. The van der Waals surface area contributed by atoms with Crippen LogP contribution in [0.2, 0.25) is 0 Å². The summed E-state index contributed by atoms with van der Waals surface area (Å²) in [5, 5.41) is 1.79. The number of aromatic nitrogens is 1. The highest BCUT2D eigenvalue weighted by atomic mass is 32.2. The van der Waals surface area contributed by atoms with Gasteiger partial charge >= 0.3 is 0 Å². The molecule has 0 spiro atoms. The maximum absolute atomic E-state index is 15.0. The molecule has 0 saturated heterocycles. The number of nitrogens with zero attached hydrogens (tertiary/aromatic N) is 1. The normalized spacial score (nSPS) is 18.1. The lowest BCUT2D eigenvalue weighted by atomic mass is 9.96. The molecule has 2 aromatic rings. The number of halogens is 1.